The molecule has 3 heterocycles. The maximum atomic E-state index is 13.2. The molecule has 4 aromatic rings. The summed E-state index contributed by atoms with van der Waals surface area (Å²) < 4.78 is 1.60. The Morgan fingerprint density at radius 3 is 2.73 bits per heavy atom. The molecule has 0 unspecified atom stereocenters. The maximum Gasteiger partial charge on any atom is 0.266 e. The van der Waals surface area contributed by atoms with Gasteiger partial charge in [0.2, 0.25) is 5.91 Å². The van der Waals surface area contributed by atoms with Crippen molar-refractivity contribution in [3.8, 4) is 5.69 Å². The second-order valence-corrected chi connectivity index (χ2v) is 9.05. The summed E-state index contributed by atoms with van der Waals surface area (Å²) in [7, 11) is 0. The zero-order chi connectivity index (χ0) is 20.5. The normalized spacial score (nSPS) is 13.4. The smallest absolute Gasteiger partial charge is 0.266 e. The van der Waals surface area contributed by atoms with Gasteiger partial charge >= 0.3 is 0 Å². The topological polar surface area (TPSA) is 55.2 Å². The number of nitrogens with zero attached hydrogens (tertiary/aromatic N) is 3. The molecular formula is C23H19N3O2S2. The minimum Gasteiger partial charge on any atom is -0.337 e. The van der Waals surface area contributed by atoms with Gasteiger partial charge in [0.05, 0.1) is 22.3 Å². The highest BCUT2D eigenvalue weighted by molar-refractivity contribution is 7.99. The van der Waals surface area contributed by atoms with E-state index in [-0.39, 0.29) is 17.2 Å². The summed E-state index contributed by atoms with van der Waals surface area (Å²) in [5, 5.41) is 3.19. The zero-order valence-corrected chi connectivity index (χ0v) is 17.8. The Morgan fingerprint density at radius 1 is 1.07 bits per heavy atom. The predicted octanol–water partition coefficient (Wildman–Crippen LogP) is 4.12. The predicted molar refractivity (Wildman–Crippen MR) is 122 cm³/mol. The molecule has 2 aromatic heterocycles. The van der Waals surface area contributed by atoms with E-state index in [1.165, 1.54) is 22.2 Å². The maximum absolute atomic E-state index is 13.2. The average molecular weight is 434 g/mol. The summed E-state index contributed by atoms with van der Waals surface area (Å²) in [6.45, 7) is 1.40. The third kappa shape index (κ3) is 3.55. The lowest BCUT2D eigenvalue weighted by Crippen LogP contribution is -2.36. The number of para-hydroxylation sites is 2. The monoisotopic (exact) mass is 433 g/mol. The van der Waals surface area contributed by atoms with Gasteiger partial charge in [0.1, 0.15) is 0 Å². The van der Waals surface area contributed by atoms with Crippen LogP contribution < -0.4 is 5.56 Å². The first-order valence-electron chi connectivity index (χ1n) is 9.74. The number of rotatable bonds is 4. The van der Waals surface area contributed by atoms with E-state index in [2.05, 4.69) is 11.4 Å². The van der Waals surface area contributed by atoms with Gasteiger partial charge in [-0.1, -0.05) is 42.1 Å². The number of hydrogen-bond donors (Lipinski definition) is 0. The fourth-order valence-electron chi connectivity index (χ4n) is 3.69. The van der Waals surface area contributed by atoms with E-state index >= 15 is 0 Å². The summed E-state index contributed by atoms with van der Waals surface area (Å²) >= 11 is 3.08. The van der Waals surface area contributed by atoms with Crippen LogP contribution in [0, 0.1) is 0 Å². The summed E-state index contributed by atoms with van der Waals surface area (Å²) in [6.07, 6.45) is 0.909. The molecule has 1 aliphatic rings. The van der Waals surface area contributed by atoms with Gasteiger partial charge in [-0.3, -0.25) is 14.2 Å². The molecule has 0 saturated heterocycles. The molecule has 0 fully saturated rings. The number of amides is 1. The van der Waals surface area contributed by atoms with Crippen LogP contribution in [0.2, 0.25) is 0 Å². The molecule has 0 radical (unpaired) electrons. The van der Waals surface area contributed by atoms with E-state index in [9.17, 15) is 9.59 Å². The van der Waals surface area contributed by atoms with Crippen LogP contribution in [0.5, 0.6) is 0 Å². The van der Waals surface area contributed by atoms with Crippen molar-refractivity contribution >= 4 is 39.9 Å². The fraction of sp³-hybridized carbons (Fsp3) is 0.174. The second-order valence-electron chi connectivity index (χ2n) is 7.11. The molecule has 5 nitrogen and oxygen atoms in total. The largest absolute Gasteiger partial charge is 0.337 e. The average Bonchev–Trinajstić information content (AvgIpc) is 3.26. The number of aromatic nitrogens is 2. The molecule has 1 aliphatic heterocycles. The molecule has 1 amide bonds. The molecule has 5 rings (SSSR count). The Balaban J connectivity index is 1.45. The summed E-state index contributed by atoms with van der Waals surface area (Å²) in [5.74, 6) is 0.316. The van der Waals surface area contributed by atoms with E-state index in [1.807, 2.05) is 53.4 Å². The van der Waals surface area contributed by atoms with E-state index in [1.54, 1.807) is 22.0 Å². The quantitative estimate of drug-likeness (QED) is 0.359. The Labute approximate surface area is 182 Å². The number of thiophene rings is 1. The first kappa shape index (κ1) is 19.1. The third-order valence-corrected chi connectivity index (χ3v) is 7.19. The summed E-state index contributed by atoms with van der Waals surface area (Å²) in [6, 6.07) is 18.9. The fourth-order valence-corrected chi connectivity index (χ4v) is 5.50. The van der Waals surface area contributed by atoms with Gasteiger partial charge in [-0.25, -0.2) is 4.98 Å². The van der Waals surface area contributed by atoms with Crippen molar-refractivity contribution < 1.29 is 4.79 Å². The molecule has 30 heavy (non-hydrogen) atoms. The van der Waals surface area contributed by atoms with E-state index in [0.717, 1.165) is 18.7 Å². The van der Waals surface area contributed by atoms with Crippen molar-refractivity contribution in [2.24, 2.45) is 0 Å². The second kappa shape index (κ2) is 8.08. The van der Waals surface area contributed by atoms with E-state index in [0.29, 0.717) is 22.6 Å². The Morgan fingerprint density at radius 2 is 1.87 bits per heavy atom. The first-order chi connectivity index (χ1) is 14.7. The Hall–Kier alpha value is -2.90. The Bertz CT molecular complexity index is 1280. The van der Waals surface area contributed by atoms with E-state index in [4.69, 9.17) is 4.98 Å². The van der Waals surface area contributed by atoms with E-state index < -0.39 is 0 Å². The first-order valence-corrected chi connectivity index (χ1v) is 11.6. The van der Waals surface area contributed by atoms with Crippen molar-refractivity contribution in [3.63, 3.8) is 0 Å². The molecular weight excluding hydrogens is 414 g/mol. The lowest BCUT2D eigenvalue weighted by Gasteiger charge is -2.27. The Kier molecular flexibility index (Phi) is 5.14. The molecule has 0 saturated carbocycles. The number of carbonyl (C=O) groups is 1. The molecule has 0 atom stereocenters. The number of hydrogen-bond acceptors (Lipinski definition) is 5. The minimum atomic E-state index is -0.123. The summed E-state index contributed by atoms with van der Waals surface area (Å²) in [4.78, 5) is 34.1. The molecule has 0 bridgehead atoms. The van der Waals surface area contributed by atoms with Crippen molar-refractivity contribution in [2.45, 2.75) is 18.1 Å². The van der Waals surface area contributed by atoms with Crippen molar-refractivity contribution in [3.05, 3.63) is 86.8 Å². The molecule has 0 spiro atoms. The molecule has 7 heteroatoms. The molecule has 150 valence electrons. The van der Waals surface area contributed by atoms with Crippen LogP contribution in [0.1, 0.15) is 10.4 Å². The van der Waals surface area contributed by atoms with Gasteiger partial charge in [-0.15, -0.1) is 11.3 Å². The number of thioether (sulfide) groups is 1. The van der Waals surface area contributed by atoms with Crippen LogP contribution in [0.3, 0.4) is 0 Å². The number of benzene rings is 2. The lowest BCUT2D eigenvalue weighted by molar-refractivity contribution is -0.129. The third-order valence-electron chi connectivity index (χ3n) is 5.24. The van der Waals surface area contributed by atoms with Gasteiger partial charge in [-0.2, -0.15) is 0 Å². The summed E-state index contributed by atoms with van der Waals surface area (Å²) in [5.41, 5.74) is 2.51. The van der Waals surface area contributed by atoms with Crippen LogP contribution in [-0.2, 0) is 17.8 Å². The SMILES string of the molecule is O=C(CSc1nc2ccccc2c(=O)n1-c1ccccc1)N1CCc2sccc2C1. The number of carbonyl (C=O) groups excluding carboxylic acids is 1. The van der Waals surface area contributed by atoms with Crippen LogP contribution in [0.15, 0.2) is 76.0 Å². The molecule has 0 N–H and O–H groups in total. The van der Waals surface area contributed by atoms with Crippen molar-refractivity contribution in [1.29, 1.82) is 0 Å². The minimum absolute atomic E-state index is 0.0684. The van der Waals surface area contributed by atoms with Gasteiger partial charge in [0.15, 0.2) is 5.16 Å². The van der Waals surface area contributed by atoms with Gasteiger partial charge in [0, 0.05) is 18.0 Å². The van der Waals surface area contributed by atoms with Crippen molar-refractivity contribution in [1.82, 2.24) is 14.5 Å². The highest BCUT2D eigenvalue weighted by Gasteiger charge is 2.22. The van der Waals surface area contributed by atoms with Gasteiger partial charge < -0.3 is 4.90 Å². The lowest BCUT2D eigenvalue weighted by atomic mass is 10.1. The van der Waals surface area contributed by atoms with Gasteiger partial charge in [0.25, 0.3) is 5.56 Å². The van der Waals surface area contributed by atoms with Crippen LogP contribution >= 0.6 is 23.1 Å². The van der Waals surface area contributed by atoms with Crippen LogP contribution in [0.4, 0.5) is 0 Å². The standard InChI is InChI=1S/C23H19N3O2S2/c27-21(25-12-10-20-16(14-25)11-13-29-20)15-30-23-24-19-9-5-4-8-18(19)22(28)26(23)17-6-2-1-3-7-17/h1-9,11,13H,10,12,14-15H2. The van der Waals surface area contributed by atoms with Crippen LogP contribution in [0.25, 0.3) is 16.6 Å². The highest BCUT2D eigenvalue weighted by atomic mass is 32.2. The highest BCUT2D eigenvalue weighted by Crippen LogP contribution is 2.26. The zero-order valence-electron chi connectivity index (χ0n) is 16.2. The van der Waals surface area contributed by atoms with Crippen molar-refractivity contribution in [2.75, 3.05) is 12.3 Å². The molecule has 2 aromatic carbocycles. The van der Waals surface area contributed by atoms with Gasteiger partial charge in [-0.05, 0) is 47.7 Å². The molecule has 0 aliphatic carbocycles. The van der Waals surface area contributed by atoms with Crippen LogP contribution in [-0.4, -0.2) is 32.7 Å². The number of fused-ring (bicyclic) bond motifs is 2.